The van der Waals surface area contributed by atoms with E-state index in [1.807, 2.05) is 0 Å². The van der Waals surface area contributed by atoms with Crippen molar-refractivity contribution >= 4 is 0 Å². The second kappa shape index (κ2) is 8.13. The lowest BCUT2D eigenvalue weighted by atomic mass is 9.72. The van der Waals surface area contributed by atoms with Crippen LogP contribution in [0.3, 0.4) is 0 Å². The van der Waals surface area contributed by atoms with Gasteiger partial charge >= 0.3 is 0 Å². The molecule has 0 aromatic carbocycles. The summed E-state index contributed by atoms with van der Waals surface area (Å²) in [5, 5.41) is 0. The Hall–Kier alpha value is -0.120. The quantitative estimate of drug-likeness (QED) is 0.544. The SMILES string of the molecule is COCCC(C)C(NN)C1CCC(C(C)C)CC1. The zero-order chi connectivity index (χ0) is 13.5. The first kappa shape index (κ1) is 15.9. The van der Waals surface area contributed by atoms with Gasteiger partial charge in [-0.1, -0.05) is 20.8 Å². The Balaban J connectivity index is 2.42. The summed E-state index contributed by atoms with van der Waals surface area (Å²) in [6, 6.07) is 0.452. The highest BCUT2D eigenvalue weighted by molar-refractivity contribution is 4.84. The number of methoxy groups -OCH3 is 1. The zero-order valence-electron chi connectivity index (χ0n) is 12.6. The lowest BCUT2D eigenvalue weighted by Crippen LogP contribution is -2.46. The van der Waals surface area contributed by atoms with Gasteiger partial charge in [-0.2, -0.15) is 0 Å². The summed E-state index contributed by atoms with van der Waals surface area (Å²) in [7, 11) is 1.77. The number of nitrogens with two attached hydrogens (primary N) is 1. The molecular formula is C15H32N2O. The lowest BCUT2D eigenvalue weighted by molar-refractivity contribution is 0.131. The fraction of sp³-hybridized carbons (Fsp3) is 1.00. The molecule has 3 nitrogen and oxygen atoms in total. The maximum atomic E-state index is 5.78. The van der Waals surface area contributed by atoms with E-state index in [-0.39, 0.29) is 0 Å². The van der Waals surface area contributed by atoms with Crippen LogP contribution in [0.2, 0.25) is 0 Å². The average molecular weight is 256 g/mol. The summed E-state index contributed by atoms with van der Waals surface area (Å²) < 4.78 is 5.17. The third kappa shape index (κ3) is 4.52. The molecule has 3 N–H and O–H groups in total. The van der Waals surface area contributed by atoms with E-state index in [0.717, 1.165) is 30.8 Å². The molecule has 3 heteroatoms. The molecule has 0 saturated heterocycles. The Morgan fingerprint density at radius 1 is 1.11 bits per heavy atom. The number of nitrogens with one attached hydrogen (secondary N) is 1. The van der Waals surface area contributed by atoms with Gasteiger partial charge in [0.05, 0.1) is 0 Å². The van der Waals surface area contributed by atoms with E-state index in [4.69, 9.17) is 10.6 Å². The predicted molar refractivity (Wildman–Crippen MR) is 77.1 cm³/mol. The highest BCUT2D eigenvalue weighted by atomic mass is 16.5. The molecule has 0 spiro atoms. The number of hydrazine groups is 1. The minimum Gasteiger partial charge on any atom is -0.385 e. The number of hydrogen-bond donors (Lipinski definition) is 2. The van der Waals surface area contributed by atoms with Crippen LogP contribution in [0.5, 0.6) is 0 Å². The van der Waals surface area contributed by atoms with Gasteiger partial charge in [0, 0.05) is 19.8 Å². The number of hydrogen-bond acceptors (Lipinski definition) is 3. The first-order valence-electron chi connectivity index (χ1n) is 7.55. The van der Waals surface area contributed by atoms with Gasteiger partial charge in [0.25, 0.3) is 0 Å². The Labute approximate surface area is 113 Å². The maximum absolute atomic E-state index is 5.78. The van der Waals surface area contributed by atoms with E-state index in [9.17, 15) is 0 Å². The van der Waals surface area contributed by atoms with Crippen molar-refractivity contribution in [2.45, 2.75) is 58.9 Å². The molecule has 0 radical (unpaired) electrons. The lowest BCUT2D eigenvalue weighted by Gasteiger charge is -2.37. The monoisotopic (exact) mass is 256 g/mol. The molecule has 2 atom stereocenters. The Morgan fingerprint density at radius 3 is 2.11 bits per heavy atom. The normalized spacial score (nSPS) is 28.3. The van der Waals surface area contributed by atoms with Gasteiger partial charge < -0.3 is 4.74 Å². The smallest absolute Gasteiger partial charge is 0.0465 e. The molecule has 0 aromatic rings. The second-order valence-electron chi connectivity index (χ2n) is 6.37. The van der Waals surface area contributed by atoms with E-state index in [1.165, 1.54) is 25.7 Å². The van der Waals surface area contributed by atoms with Crippen LogP contribution in [-0.4, -0.2) is 19.8 Å². The molecular weight excluding hydrogens is 224 g/mol. The van der Waals surface area contributed by atoms with Gasteiger partial charge in [-0.3, -0.25) is 11.3 Å². The minimum atomic E-state index is 0.452. The Bertz CT molecular complexity index is 213. The molecule has 0 heterocycles. The van der Waals surface area contributed by atoms with Crippen LogP contribution in [0.25, 0.3) is 0 Å². The Morgan fingerprint density at radius 2 is 1.67 bits per heavy atom. The number of rotatable bonds is 7. The first-order chi connectivity index (χ1) is 8.60. The van der Waals surface area contributed by atoms with E-state index < -0.39 is 0 Å². The average Bonchev–Trinajstić information content (AvgIpc) is 2.37. The highest BCUT2D eigenvalue weighted by Crippen LogP contribution is 2.36. The molecule has 108 valence electrons. The summed E-state index contributed by atoms with van der Waals surface area (Å²) in [6.45, 7) is 7.83. The molecule has 2 unspecified atom stereocenters. The molecule has 18 heavy (non-hydrogen) atoms. The maximum Gasteiger partial charge on any atom is 0.0465 e. The van der Waals surface area contributed by atoms with Crippen molar-refractivity contribution in [2.75, 3.05) is 13.7 Å². The zero-order valence-corrected chi connectivity index (χ0v) is 12.6. The fourth-order valence-corrected chi connectivity index (χ4v) is 3.42. The molecule has 1 aliphatic rings. The minimum absolute atomic E-state index is 0.452. The first-order valence-corrected chi connectivity index (χ1v) is 7.55. The van der Waals surface area contributed by atoms with Crippen molar-refractivity contribution in [3.63, 3.8) is 0 Å². The van der Waals surface area contributed by atoms with Gasteiger partial charge in [0.15, 0.2) is 0 Å². The van der Waals surface area contributed by atoms with Crippen LogP contribution in [0, 0.1) is 23.7 Å². The standard InChI is InChI=1S/C15H32N2O/c1-11(2)13-5-7-14(8-6-13)15(17-16)12(3)9-10-18-4/h11-15,17H,5-10,16H2,1-4H3. The molecule has 0 aliphatic heterocycles. The molecule has 1 aliphatic carbocycles. The second-order valence-corrected chi connectivity index (χ2v) is 6.37. The summed E-state index contributed by atoms with van der Waals surface area (Å²) in [5.41, 5.74) is 3.07. The van der Waals surface area contributed by atoms with Crippen LogP contribution in [0.15, 0.2) is 0 Å². The van der Waals surface area contributed by atoms with E-state index >= 15 is 0 Å². The van der Waals surface area contributed by atoms with Crippen LogP contribution < -0.4 is 11.3 Å². The largest absolute Gasteiger partial charge is 0.385 e. The van der Waals surface area contributed by atoms with Crippen LogP contribution in [0.1, 0.15) is 52.9 Å². The molecule has 1 rings (SSSR count). The van der Waals surface area contributed by atoms with Gasteiger partial charge in [-0.15, -0.1) is 0 Å². The van der Waals surface area contributed by atoms with Crippen molar-refractivity contribution < 1.29 is 4.74 Å². The molecule has 0 amide bonds. The third-order valence-electron chi connectivity index (χ3n) is 4.85. The van der Waals surface area contributed by atoms with Gasteiger partial charge in [0.1, 0.15) is 0 Å². The molecule has 0 bridgehead atoms. The van der Waals surface area contributed by atoms with Crippen LogP contribution >= 0.6 is 0 Å². The van der Waals surface area contributed by atoms with Gasteiger partial charge in [-0.05, 0) is 55.8 Å². The van der Waals surface area contributed by atoms with Crippen LogP contribution in [-0.2, 0) is 4.74 Å². The summed E-state index contributed by atoms with van der Waals surface area (Å²) in [5.74, 6) is 8.88. The number of ether oxygens (including phenoxy) is 1. The highest BCUT2D eigenvalue weighted by Gasteiger charge is 2.30. The molecule has 1 saturated carbocycles. The summed E-state index contributed by atoms with van der Waals surface area (Å²) in [4.78, 5) is 0. The predicted octanol–water partition coefficient (Wildman–Crippen LogP) is 2.95. The van der Waals surface area contributed by atoms with Gasteiger partial charge in [-0.25, -0.2) is 0 Å². The third-order valence-corrected chi connectivity index (χ3v) is 4.85. The summed E-state index contributed by atoms with van der Waals surface area (Å²) >= 11 is 0. The van der Waals surface area contributed by atoms with E-state index in [0.29, 0.717) is 12.0 Å². The molecule has 1 fully saturated rings. The van der Waals surface area contributed by atoms with Crippen molar-refractivity contribution in [2.24, 2.45) is 29.5 Å². The van der Waals surface area contributed by atoms with Crippen molar-refractivity contribution in [1.82, 2.24) is 5.43 Å². The van der Waals surface area contributed by atoms with Crippen LogP contribution in [0.4, 0.5) is 0 Å². The van der Waals surface area contributed by atoms with Crippen molar-refractivity contribution in [3.05, 3.63) is 0 Å². The fourth-order valence-electron chi connectivity index (χ4n) is 3.42. The molecule has 0 aromatic heterocycles. The Kier molecular flexibility index (Phi) is 7.20. The van der Waals surface area contributed by atoms with Gasteiger partial charge in [0.2, 0.25) is 0 Å². The van der Waals surface area contributed by atoms with E-state index in [2.05, 4.69) is 26.2 Å². The summed E-state index contributed by atoms with van der Waals surface area (Å²) in [6.07, 6.45) is 6.49. The van der Waals surface area contributed by atoms with Crippen molar-refractivity contribution in [3.8, 4) is 0 Å². The van der Waals surface area contributed by atoms with Crippen molar-refractivity contribution in [1.29, 1.82) is 0 Å². The van der Waals surface area contributed by atoms with E-state index in [1.54, 1.807) is 7.11 Å². The topological polar surface area (TPSA) is 47.3 Å².